The number of ether oxygens (including phenoxy) is 1. The number of rotatable bonds is 8. The van der Waals surface area contributed by atoms with E-state index in [1.807, 2.05) is 6.92 Å². The number of carbonyl (C=O) groups excluding carboxylic acids is 2. The summed E-state index contributed by atoms with van der Waals surface area (Å²) < 4.78 is 18.4. The maximum absolute atomic E-state index is 13.0. The molecule has 0 fully saturated rings. The zero-order chi connectivity index (χ0) is 23.9. The van der Waals surface area contributed by atoms with Crippen LogP contribution in [0.2, 0.25) is 0 Å². The molecule has 0 aliphatic carbocycles. The van der Waals surface area contributed by atoms with E-state index in [2.05, 4.69) is 26.0 Å². The molecule has 10 heteroatoms. The molecule has 172 valence electrons. The minimum absolute atomic E-state index is 0.159. The van der Waals surface area contributed by atoms with E-state index < -0.39 is 0 Å². The summed E-state index contributed by atoms with van der Waals surface area (Å²) in [4.78, 5) is 25.9. The van der Waals surface area contributed by atoms with Crippen LogP contribution < -0.4 is 15.4 Å². The van der Waals surface area contributed by atoms with Gasteiger partial charge in [0.2, 0.25) is 11.7 Å². The zero-order valence-electron chi connectivity index (χ0n) is 18.2. The topological polar surface area (TPSA) is 111 Å². The van der Waals surface area contributed by atoms with Crippen LogP contribution in [0.25, 0.3) is 11.4 Å². The van der Waals surface area contributed by atoms with E-state index in [4.69, 9.17) is 4.74 Å². The molecular formula is C24H21FN6O3. The van der Waals surface area contributed by atoms with Gasteiger partial charge in [0, 0.05) is 22.5 Å². The Labute approximate surface area is 194 Å². The first-order valence-corrected chi connectivity index (χ1v) is 10.5. The molecular weight excluding hydrogens is 439 g/mol. The van der Waals surface area contributed by atoms with E-state index in [9.17, 15) is 14.0 Å². The largest absolute Gasteiger partial charge is 0.494 e. The highest BCUT2D eigenvalue weighted by atomic mass is 19.1. The lowest BCUT2D eigenvalue weighted by Gasteiger charge is -2.08. The van der Waals surface area contributed by atoms with Gasteiger partial charge in [-0.05, 0) is 84.9 Å². The fourth-order valence-electron chi connectivity index (χ4n) is 3.06. The number of benzene rings is 3. The Balaban J connectivity index is 1.31. The SMILES string of the molecule is CCOc1ccc(NC(=O)c2ccc(NC(=O)Cn3nnc(-c4ccc(F)cc4)n3)cc2)cc1. The van der Waals surface area contributed by atoms with Crippen LogP contribution in [0.15, 0.2) is 72.8 Å². The smallest absolute Gasteiger partial charge is 0.255 e. The summed E-state index contributed by atoms with van der Waals surface area (Å²) in [6, 6.07) is 19.2. The molecule has 2 amide bonds. The van der Waals surface area contributed by atoms with Crippen LogP contribution in [-0.2, 0) is 11.3 Å². The Kier molecular flexibility index (Phi) is 6.87. The highest BCUT2D eigenvalue weighted by molar-refractivity contribution is 6.04. The van der Waals surface area contributed by atoms with Crippen molar-refractivity contribution >= 4 is 23.2 Å². The van der Waals surface area contributed by atoms with Crippen molar-refractivity contribution in [3.63, 3.8) is 0 Å². The van der Waals surface area contributed by atoms with Gasteiger partial charge in [0.25, 0.3) is 5.91 Å². The van der Waals surface area contributed by atoms with Crippen LogP contribution in [0.4, 0.5) is 15.8 Å². The molecule has 1 aromatic heterocycles. The second kappa shape index (κ2) is 10.3. The molecule has 3 aromatic carbocycles. The monoisotopic (exact) mass is 460 g/mol. The number of aromatic nitrogens is 4. The van der Waals surface area contributed by atoms with Gasteiger partial charge in [-0.2, -0.15) is 4.80 Å². The van der Waals surface area contributed by atoms with Crippen molar-refractivity contribution in [1.29, 1.82) is 0 Å². The summed E-state index contributed by atoms with van der Waals surface area (Å²) >= 11 is 0. The van der Waals surface area contributed by atoms with Crippen LogP contribution in [0.5, 0.6) is 5.75 Å². The normalized spacial score (nSPS) is 10.5. The number of nitrogens with one attached hydrogen (secondary N) is 2. The number of hydrogen-bond donors (Lipinski definition) is 2. The van der Waals surface area contributed by atoms with E-state index in [-0.39, 0.29) is 30.0 Å². The van der Waals surface area contributed by atoms with E-state index in [0.717, 1.165) is 10.5 Å². The highest BCUT2D eigenvalue weighted by Gasteiger charge is 2.11. The minimum atomic E-state index is -0.366. The zero-order valence-corrected chi connectivity index (χ0v) is 18.2. The maximum atomic E-state index is 13.0. The van der Waals surface area contributed by atoms with Gasteiger partial charge in [-0.25, -0.2) is 4.39 Å². The van der Waals surface area contributed by atoms with Crippen molar-refractivity contribution in [2.24, 2.45) is 0 Å². The Morgan fingerprint density at radius 2 is 1.56 bits per heavy atom. The number of amides is 2. The number of hydrogen-bond acceptors (Lipinski definition) is 6. The first-order valence-electron chi connectivity index (χ1n) is 10.5. The Bertz CT molecular complexity index is 1270. The van der Waals surface area contributed by atoms with E-state index in [0.29, 0.717) is 29.1 Å². The van der Waals surface area contributed by atoms with E-state index in [1.54, 1.807) is 48.5 Å². The number of nitrogens with zero attached hydrogens (tertiary/aromatic N) is 4. The molecule has 0 aliphatic rings. The third kappa shape index (κ3) is 5.80. The second-order valence-electron chi connectivity index (χ2n) is 7.19. The lowest BCUT2D eigenvalue weighted by molar-refractivity contribution is -0.117. The molecule has 0 saturated heterocycles. The summed E-state index contributed by atoms with van der Waals surface area (Å²) in [6.07, 6.45) is 0. The molecule has 0 aliphatic heterocycles. The summed E-state index contributed by atoms with van der Waals surface area (Å²) in [7, 11) is 0. The van der Waals surface area contributed by atoms with Gasteiger partial charge in [0.05, 0.1) is 6.61 Å². The Hall–Kier alpha value is -4.60. The first-order chi connectivity index (χ1) is 16.5. The molecule has 2 N–H and O–H groups in total. The standard InChI is InChI=1S/C24H21FN6O3/c1-2-34-21-13-11-20(12-14-21)27-24(33)17-5-9-19(10-6-17)26-22(32)15-31-29-23(28-30-31)16-3-7-18(25)8-4-16/h3-14H,2,15H2,1H3,(H,26,32)(H,27,33). The summed E-state index contributed by atoms with van der Waals surface area (Å²) in [5.74, 6) is 0.0102. The average Bonchev–Trinajstić information content (AvgIpc) is 3.29. The van der Waals surface area contributed by atoms with Gasteiger partial charge in [0.15, 0.2) is 0 Å². The van der Waals surface area contributed by atoms with Crippen LogP contribution in [0.1, 0.15) is 17.3 Å². The van der Waals surface area contributed by atoms with E-state index >= 15 is 0 Å². The Morgan fingerprint density at radius 1 is 0.912 bits per heavy atom. The summed E-state index contributed by atoms with van der Waals surface area (Å²) in [6.45, 7) is 2.31. The fourth-order valence-corrected chi connectivity index (χ4v) is 3.06. The van der Waals surface area contributed by atoms with Gasteiger partial charge in [-0.15, -0.1) is 10.2 Å². The quantitative estimate of drug-likeness (QED) is 0.414. The molecule has 0 unspecified atom stereocenters. The highest BCUT2D eigenvalue weighted by Crippen LogP contribution is 2.17. The van der Waals surface area contributed by atoms with Gasteiger partial charge >= 0.3 is 0 Å². The van der Waals surface area contributed by atoms with Crippen molar-refractivity contribution in [2.45, 2.75) is 13.5 Å². The first kappa shape index (κ1) is 22.6. The number of anilines is 2. The molecule has 4 aromatic rings. The van der Waals surface area contributed by atoms with Crippen molar-refractivity contribution in [1.82, 2.24) is 20.2 Å². The molecule has 0 spiro atoms. The summed E-state index contributed by atoms with van der Waals surface area (Å²) in [5, 5.41) is 17.4. The van der Waals surface area contributed by atoms with Crippen molar-refractivity contribution < 1.29 is 18.7 Å². The van der Waals surface area contributed by atoms with Crippen molar-refractivity contribution in [3.8, 4) is 17.1 Å². The fraction of sp³-hybridized carbons (Fsp3) is 0.125. The second-order valence-corrected chi connectivity index (χ2v) is 7.19. The molecule has 0 radical (unpaired) electrons. The van der Waals surface area contributed by atoms with Crippen LogP contribution >= 0.6 is 0 Å². The predicted octanol–water partition coefficient (Wildman–Crippen LogP) is 3.77. The van der Waals surface area contributed by atoms with Crippen LogP contribution in [0.3, 0.4) is 0 Å². The van der Waals surface area contributed by atoms with Crippen molar-refractivity contribution in [2.75, 3.05) is 17.2 Å². The number of tetrazole rings is 1. The van der Waals surface area contributed by atoms with E-state index in [1.165, 1.54) is 24.3 Å². The average molecular weight is 460 g/mol. The third-order valence-electron chi connectivity index (χ3n) is 4.69. The molecule has 0 saturated carbocycles. The Morgan fingerprint density at radius 3 is 2.24 bits per heavy atom. The van der Waals surface area contributed by atoms with Gasteiger partial charge in [-0.3, -0.25) is 9.59 Å². The molecule has 9 nitrogen and oxygen atoms in total. The molecule has 4 rings (SSSR count). The van der Waals surface area contributed by atoms with Crippen LogP contribution in [0, 0.1) is 5.82 Å². The predicted molar refractivity (Wildman–Crippen MR) is 124 cm³/mol. The van der Waals surface area contributed by atoms with Gasteiger partial charge in [0.1, 0.15) is 18.1 Å². The molecule has 1 heterocycles. The van der Waals surface area contributed by atoms with Crippen LogP contribution in [-0.4, -0.2) is 38.6 Å². The minimum Gasteiger partial charge on any atom is -0.494 e. The number of carbonyl (C=O) groups is 2. The number of halogens is 1. The lowest BCUT2D eigenvalue weighted by atomic mass is 10.2. The maximum Gasteiger partial charge on any atom is 0.255 e. The third-order valence-corrected chi connectivity index (χ3v) is 4.69. The van der Waals surface area contributed by atoms with Gasteiger partial charge in [-0.1, -0.05) is 0 Å². The molecule has 0 bridgehead atoms. The van der Waals surface area contributed by atoms with Gasteiger partial charge < -0.3 is 15.4 Å². The van der Waals surface area contributed by atoms with Crippen molar-refractivity contribution in [3.05, 3.63) is 84.2 Å². The molecule has 34 heavy (non-hydrogen) atoms. The summed E-state index contributed by atoms with van der Waals surface area (Å²) in [5.41, 5.74) is 2.19. The molecule has 0 atom stereocenters. The lowest BCUT2D eigenvalue weighted by Crippen LogP contribution is -2.20.